The lowest BCUT2D eigenvalue weighted by molar-refractivity contribution is 0.325. The molecule has 2 unspecified atom stereocenters. The van der Waals surface area contributed by atoms with Crippen molar-refractivity contribution in [2.75, 3.05) is 6.54 Å². The van der Waals surface area contributed by atoms with Crippen molar-refractivity contribution >= 4 is 0 Å². The molecule has 1 aliphatic rings. The van der Waals surface area contributed by atoms with E-state index in [1.807, 2.05) is 6.07 Å². The smallest absolute Gasteiger partial charge is 0.123 e. The molecule has 1 saturated heterocycles. The van der Waals surface area contributed by atoms with Crippen LogP contribution in [0.5, 0.6) is 0 Å². The average Bonchev–Trinajstić information content (AvgIpc) is 2.18. The normalized spacial score (nSPS) is 27.6. The summed E-state index contributed by atoms with van der Waals surface area (Å²) in [4.78, 5) is 0. The lowest BCUT2D eigenvalue weighted by atomic mass is 9.90. The number of hydrogen-bond donors (Lipinski definition) is 1. The molecule has 0 radical (unpaired) electrons. The van der Waals surface area contributed by atoms with E-state index in [4.69, 9.17) is 0 Å². The van der Waals surface area contributed by atoms with Gasteiger partial charge < -0.3 is 5.32 Å². The highest BCUT2D eigenvalue weighted by Gasteiger charge is 2.19. The number of benzene rings is 1. The molecule has 1 fully saturated rings. The molecule has 0 spiro atoms. The zero-order valence-corrected chi connectivity index (χ0v) is 8.46. The predicted octanol–water partition coefficient (Wildman–Crippen LogP) is 2.89. The van der Waals surface area contributed by atoms with Crippen LogP contribution in [0, 0.1) is 11.7 Å². The van der Waals surface area contributed by atoms with Gasteiger partial charge in [-0.05, 0) is 43.0 Å². The van der Waals surface area contributed by atoms with Crippen LogP contribution in [0.4, 0.5) is 4.39 Å². The monoisotopic (exact) mass is 193 g/mol. The largest absolute Gasteiger partial charge is 0.310 e. The molecule has 1 N–H and O–H groups in total. The van der Waals surface area contributed by atoms with E-state index in [1.165, 1.54) is 12.5 Å². The Morgan fingerprint density at radius 1 is 1.43 bits per heavy atom. The molecular formula is C12H16FN. The molecule has 1 aromatic carbocycles. The molecule has 0 aromatic heterocycles. The van der Waals surface area contributed by atoms with Crippen molar-refractivity contribution in [2.24, 2.45) is 5.92 Å². The number of piperidine rings is 1. The van der Waals surface area contributed by atoms with Crippen molar-refractivity contribution in [1.29, 1.82) is 0 Å². The standard InChI is InChI=1S/C12H16FN/c1-9-5-6-14-12(7-9)10-3-2-4-11(13)8-10/h2-4,8-9,12,14H,5-7H2,1H3. The van der Waals surface area contributed by atoms with Crippen molar-refractivity contribution in [3.05, 3.63) is 35.6 Å². The van der Waals surface area contributed by atoms with Crippen LogP contribution in [0.1, 0.15) is 31.4 Å². The minimum absolute atomic E-state index is 0.137. The third kappa shape index (κ3) is 2.13. The van der Waals surface area contributed by atoms with Gasteiger partial charge in [0.05, 0.1) is 0 Å². The van der Waals surface area contributed by atoms with Crippen molar-refractivity contribution < 1.29 is 4.39 Å². The van der Waals surface area contributed by atoms with Gasteiger partial charge in [-0.1, -0.05) is 19.1 Å². The number of nitrogens with one attached hydrogen (secondary N) is 1. The van der Waals surface area contributed by atoms with Gasteiger partial charge in [0.25, 0.3) is 0 Å². The summed E-state index contributed by atoms with van der Waals surface area (Å²) >= 11 is 0. The van der Waals surface area contributed by atoms with Crippen molar-refractivity contribution in [3.8, 4) is 0 Å². The average molecular weight is 193 g/mol. The third-order valence-electron chi connectivity index (χ3n) is 2.92. The number of hydrogen-bond acceptors (Lipinski definition) is 1. The topological polar surface area (TPSA) is 12.0 Å². The highest BCUT2D eigenvalue weighted by atomic mass is 19.1. The summed E-state index contributed by atoms with van der Waals surface area (Å²) in [6.45, 7) is 3.30. The minimum Gasteiger partial charge on any atom is -0.310 e. The molecule has 1 heterocycles. The maximum Gasteiger partial charge on any atom is 0.123 e. The second-order valence-corrected chi connectivity index (χ2v) is 4.19. The van der Waals surface area contributed by atoms with Gasteiger partial charge >= 0.3 is 0 Å². The van der Waals surface area contributed by atoms with E-state index in [9.17, 15) is 4.39 Å². The fourth-order valence-electron chi connectivity index (χ4n) is 2.08. The number of halogens is 1. The maximum atomic E-state index is 13.0. The zero-order chi connectivity index (χ0) is 9.97. The predicted molar refractivity (Wildman–Crippen MR) is 55.5 cm³/mol. The molecule has 1 aliphatic heterocycles. The summed E-state index contributed by atoms with van der Waals surface area (Å²) in [7, 11) is 0. The SMILES string of the molecule is CC1CCNC(c2cccc(F)c2)C1. The highest BCUT2D eigenvalue weighted by molar-refractivity contribution is 5.20. The Balaban J connectivity index is 2.14. The molecule has 76 valence electrons. The Morgan fingerprint density at radius 2 is 2.29 bits per heavy atom. The van der Waals surface area contributed by atoms with Gasteiger partial charge in [-0.2, -0.15) is 0 Å². The van der Waals surface area contributed by atoms with Crippen molar-refractivity contribution in [1.82, 2.24) is 5.32 Å². The molecule has 1 aromatic rings. The summed E-state index contributed by atoms with van der Waals surface area (Å²) < 4.78 is 13.0. The van der Waals surface area contributed by atoms with E-state index in [-0.39, 0.29) is 5.82 Å². The lowest BCUT2D eigenvalue weighted by Gasteiger charge is -2.28. The maximum absolute atomic E-state index is 13.0. The van der Waals surface area contributed by atoms with Crippen molar-refractivity contribution in [2.45, 2.75) is 25.8 Å². The summed E-state index contributed by atoms with van der Waals surface area (Å²) in [6.07, 6.45) is 2.34. The highest BCUT2D eigenvalue weighted by Crippen LogP contribution is 2.26. The fourth-order valence-corrected chi connectivity index (χ4v) is 2.08. The Morgan fingerprint density at radius 3 is 3.00 bits per heavy atom. The van der Waals surface area contributed by atoms with Gasteiger partial charge in [-0.25, -0.2) is 4.39 Å². The second-order valence-electron chi connectivity index (χ2n) is 4.19. The second kappa shape index (κ2) is 4.09. The molecule has 0 bridgehead atoms. The number of rotatable bonds is 1. The van der Waals surface area contributed by atoms with E-state index in [0.717, 1.165) is 24.4 Å². The van der Waals surface area contributed by atoms with E-state index in [2.05, 4.69) is 12.2 Å². The molecule has 0 aliphatic carbocycles. The molecule has 0 saturated carbocycles. The van der Waals surface area contributed by atoms with Gasteiger partial charge in [0.15, 0.2) is 0 Å². The van der Waals surface area contributed by atoms with Crippen LogP contribution in [0.25, 0.3) is 0 Å². The first-order valence-electron chi connectivity index (χ1n) is 5.24. The van der Waals surface area contributed by atoms with Crippen LogP contribution in [0.3, 0.4) is 0 Å². The Hall–Kier alpha value is -0.890. The van der Waals surface area contributed by atoms with Crippen LogP contribution >= 0.6 is 0 Å². The van der Waals surface area contributed by atoms with Crippen LogP contribution in [0.15, 0.2) is 24.3 Å². The van der Waals surface area contributed by atoms with Gasteiger partial charge in [-0.15, -0.1) is 0 Å². The van der Waals surface area contributed by atoms with Gasteiger partial charge in [0, 0.05) is 6.04 Å². The minimum atomic E-state index is -0.137. The van der Waals surface area contributed by atoms with Crippen LogP contribution in [0.2, 0.25) is 0 Å². The molecule has 2 rings (SSSR count). The van der Waals surface area contributed by atoms with E-state index < -0.39 is 0 Å². The fraction of sp³-hybridized carbons (Fsp3) is 0.500. The van der Waals surface area contributed by atoms with Crippen LogP contribution in [-0.4, -0.2) is 6.54 Å². The Kier molecular flexibility index (Phi) is 2.82. The molecule has 2 atom stereocenters. The first-order chi connectivity index (χ1) is 6.75. The van der Waals surface area contributed by atoms with Gasteiger partial charge in [0.1, 0.15) is 5.82 Å². The molecular weight excluding hydrogens is 177 g/mol. The third-order valence-corrected chi connectivity index (χ3v) is 2.92. The molecule has 1 nitrogen and oxygen atoms in total. The quantitative estimate of drug-likeness (QED) is 0.723. The van der Waals surface area contributed by atoms with Crippen LogP contribution < -0.4 is 5.32 Å². The van der Waals surface area contributed by atoms with Gasteiger partial charge in [0.2, 0.25) is 0 Å². The van der Waals surface area contributed by atoms with Crippen molar-refractivity contribution in [3.63, 3.8) is 0 Å². The van der Waals surface area contributed by atoms with Gasteiger partial charge in [-0.3, -0.25) is 0 Å². The summed E-state index contributed by atoms with van der Waals surface area (Å²) in [5.41, 5.74) is 1.08. The first kappa shape index (κ1) is 9.66. The lowest BCUT2D eigenvalue weighted by Crippen LogP contribution is -2.30. The summed E-state index contributed by atoms with van der Waals surface area (Å²) in [5.74, 6) is 0.604. The van der Waals surface area contributed by atoms with E-state index >= 15 is 0 Å². The Labute approximate surface area is 84.3 Å². The molecule has 0 amide bonds. The first-order valence-corrected chi connectivity index (χ1v) is 5.24. The zero-order valence-electron chi connectivity index (χ0n) is 8.46. The Bertz CT molecular complexity index is 311. The molecule has 14 heavy (non-hydrogen) atoms. The van der Waals surface area contributed by atoms with E-state index in [0.29, 0.717) is 6.04 Å². The van der Waals surface area contributed by atoms with Crippen LogP contribution in [-0.2, 0) is 0 Å². The van der Waals surface area contributed by atoms with E-state index in [1.54, 1.807) is 12.1 Å². The summed E-state index contributed by atoms with van der Waals surface area (Å²) in [6, 6.07) is 7.25. The summed E-state index contributed by atoms with van der Waals surface area (Å²) in [5, 5.41) is 3.43. The molecule has 2 heteroatoms.